The number of rotatable bonds is 3. The third-order valence-corrected chi connectivity index (χ3v) is 3.88. The van der Waals surface area contributed by atoms with Gasteiger partial charge in [-0.3, -0.25) is 14.8 Å². The Morgan fingerprint density at radius 1 is 1.48 bits per heavy atom. The molecule has 1 unspecified atom stereocenters. The number of carbonyl (C=O) groups excluding carboxylic acids is 1. The van der Waals surface area contributed by atoms with Crippen molar-refractivity contribution in [2.75, 3.05) is 6.54 Å². The predicted molar refractivity (Wildman–Crippen MR) is 79.7 cm³/mol. The molecular formula is C16H19N3O2. The van der Waals surface area contributed by atoms with Gasteiger partial charge < -0.3 is 10.1 Å². The largest absolute Gasteiger partial charge is 0.460 e. The van der Waals surface area contributed by atoms with Crippen LogP contribution in [0.15, 0.2) is 24.5 Å². The van der Waals surface area contributed by atoms with Crippen molar-refractivity contribution in [2.24, 2.45) is 0 Å². The highest BCUT2D eigenvalue weighted by Gasteiger charge is 2.22. The van der Waals surface area contributed by atoms with Crippen molar-refractivity contribution in [1.82, 2.24) is 15.3 Å². The Hall–Kier alpha value is -2.01. The first kappa shape index (κ1) is 13.9. The molecule has 0 saturated carbocycles. The third kappa shape index (κ3) is 3.19. The highest BCUT2D eigenvalue weighted by molar-refractivity contribution is 5.79. The Morgan fingerprint density at radius 2 is 2.38 bits per heavy atom. The van der Waals surface area contributed by atoms with Crippen LogP contribution in [0.25, 0.3) is 10.9 Å². The summed E-state index contributed by atoms with van der Waals surface area (Å²) in [4.78, 5) is 20.6. The molecule has 3 rings (SSSR count). The van der Waals surface area contributed by atoms with E-state index in [1.54, 1.807) is 12.4 Å². The highest BCUT2D eigenvalue weighted by Crippen LogP contribution is 2.17. The van der Waals surface area contributed by atoms with Gasteiger partial charge in [-0.2, -0.15) is 0 Å². The fourth-order valence-corrected chi connectivity index (χ4v) is 2.61. The molecule has 1 saturated heterocycles. The maximum Gasteiger partial charge on any atom is 0.323 e. The number of nitrogens with zero attached hydrogens (tertiary/aromatic N) is 2. The number of nitrogens with one attached hydrogen (secondary N) is 1. The summed E-state index contributed by atoms with van der Waals surface area (Å²) in [5, 5.41) is 4.21. The molecule has 0 radical (unpaired) electrons. The number of fused-ring (bicyclic) bond motifs is 1. The van der Waals surface area contributed by atoms with Crippen LogP contribution in [-0.2, 0) is 16.1 Å². The van der Waals surface area contributed by atoms with Gasteiger partial charge in [-0.05, 0) is 38.4 Å². The number of piperidine rings is 1. The minimum Gasteiger partial charge on any atom is -0.460 e. The average Bonchev–Trinajstić information content (AvgIpc) is 2.53. The first-order valence-electron chi connectivity index (χ1n) is 7.34. The van der Waals surface area contributed by atoms with Crippen molar-refractivity contribution >= 4 is 16.9 Å². The van der Waals surface area contributed by atoms with Crippen molar-refractivity contribution in [2.45, 2.75) is 38.8 Å². The van der Waals surface area contributed by atoms with Gasteiger partial charge in [-0.25, -0.2) is 0 Å². The van der Waals surface area contributed by atoms with E-state index in [2.05, 4.69) is 15.3 Å². The monoisotopic (exact) mass is 285 g/mol. The maximum absolute atomic E-state index is 12.0. The summed E-state index contributed by atoms with van der Waals surface area (Å²) in [6.07, 6.45) is 6.55. The number of aryl methyl sites for hydroxylation is 1. The van der Waals surface area contributed by atoms with Crippen LogP contribution < -0.4 is 5.32 Å². The van der Waals surface area contributed by atoms with E-state index in [1.165, 1.54) is 0 Å². The zero-order valence-electron chi connectivity index (χ0n) is 12.1. The Kier molecular flexibility index (Phi) is 4.10. The summed E-state index contributed by atoms with van der Waals surface area (Å²) in [7, 11) is 0. The summed E-state index contributed by atoms with van der Waals surface area (Å²) in [5.74, 6) is -0.163. The van der Waals surface area contributed by atoms with E-state index in [0.717, 1.165) is 48.0 Å². The second-order valence-corrected chi connectivity index (χ2v) is 5.41. The molecule has 0 amide bonds. The number of esters is 1. The van der Waals surface area contributed by atoms with Gasteiger partial charge in [0, 0.05) is 22.8 Å². The van der Waals surface area contributed by atoms with Crippen molar-refractivity contribution < 1.29 is 9.53 Å². The fraction of sp³-hybridized carbons (Fsp3) is 0.438. The lowest BCUT2D eigenvalue weighted by Crippen LogP contribution is -2.41. The van der Waals surface area contributed by atoms with Crippen molar-refractivity contribution in [1.29, 1.82) is 0 Å². The lowest BCUT2D eigenvalue weighted by atomic mass is 10.1. The smallest absolute Gasteiger partial charge is 0.323 e. The molecule has 3 heterocycles. The van der Waals surface area contributed by atoms with Gasteiger partial charge in [0.25, 0.3) is 0 Å². The van der Waals surface area contributed by atoms with Gasteiger partial charge in [-0.15, -0.1) is 0 Å². The van der Waals surface area contributed by atoms with E-state index < -0.39 is 0 Å². The number of hydrogen-bond acceptors (Lipinski definition) is 5. The average molecular weight is 285 g/mol. The molecule has 1 fully saturated rings. The number of carbonyl (C=O) groups is 1. The number of hydrogen-bond donors (Lipinski definition) is 1. The van der Waals surface area contributed by atoms with Crippen LogP contribution in [0.2, 0.25) is 0 Å². The van der Waals surface area contributed by atoms with E-state index in [-0.39, 0.29) is 18.6 Å². The van der Waals surface area contributed by atoms with Gasteiger partial charge >= 0.3 is 5.97 Å². The van der Waals surface area contributed by atoms with Crippen LogP contribution in [0, 0.1) is 6.92 Å². The van der Waals surface area contributed by atoms with Crippen LogP contribution in [0.1, 0.15) is 30.5 Å². The van der Waals surface area contributed by atoms with Crippen LogP contribution in [0.3, 0.4) is 0 Å². The second kappa shape index (κ2) is 6.18. The molecule has 0 spiro atoms. The number of aromatic nitrogens is 2. The van der Waals surface area contributed by atoms with Crippen LogP contribution in [-0.4, -0.2) is 28.5 Å². The molecule has 0 bridgehead atoms. The standard InChI is InChI=1S/C16H19N3O2/c1-11-13(8-12-5-7-17-9-15(12)19-11)10-21-16(20)14-4-2-3-6-18-14/h5,7-9,14,18H,2-4,6,10H2,1H3. The minimum absolute atomic E-state index is 0.156. The van der Waals surface area contributed by atoms with Gasteiger partial charge in [0.05, 0.1) is 11.7 Å². The maximum atomic E-state index is 12.0. The summed E-state index contributed by atoms with van der Waals surface area (Å²) in [5.41, 5.74) is 2.68. The van der Waals surface area contributed by atoms with Gasteiger partial charge in [0.2, 0.25) is 0 Å². The van der Waals surface area contributed by atoms with Crippen LogP contribution in [0.5, 0.6) is 0 Å². The van der Waals surface area contributed by atoms with Gasteiger partial charge in [-0.1, -0.05) is 6.42 Å². The summed E-state index contributed by atoms with van der Waals surface area (Å²) >= 11 is 0. The van der Waals surface area contributed by atoms with E-state index in [4.69, 9.17) is 4.74 Å². The Bertz CT molecular complexity index is 651. The third-order valence-electron chi connectivity index (χ3n) is 3.88. The molecule has 5 nitrogen and oxygen atoms in total. The van der Waals surface area contributed by atoms with E-state index in [0.29, 0.717) is 0 Å². The van der Waals surface area contributed by atoms with Crippen molar-refractivity contribution in [3.8, 4) is 0 Å². The summed E-state index contributed by atoms with van der Waals surface area (Å²) in [6, 6.07) is 3.77. The van der Waals surface area contributed by atoms with Crippen LogP contribution in [0.4, 0.5) is 0 Å². The molecule has 0 aliphatic carbocycles. The van der Waals surface area contributed by atoms with E-state index >= 15 is 0 Å². The lowest BCUT2D eigenvalue weighted by Gasteiger charge is -2.21. The molecular weight excluding hydrogens is 266 g/mol. The molecule has 1 aliphatic rings. The zero-order chi connectivity index (χ0) is 14.7. The van der Waals surface area contributed by atoms with Crippen molar-refractivity contribution in [3.05, 3.63) is 35.8 Å². The summed E-state index contributed by atoms with van der Waals surface area (Å²) in [6.45, 7) is 3.09. The molecule has 1 N–H and O–H groups in total. The van der Waals surface area contributed by atoms with Gasteiger partial charge in [0.15, 0.2) is 0 Å². The van der Waals surface area contributed by atoms with E-state index in [9.17, 15) is 4.79 Å². The second-order valence-electron chi connectivity index (χ2n) is 5.41. The Labute approximate surface area is 123 Å². The highest BCUT2D eigenvalue weighted by atomic mass is 16.5. The SMILES string of the molecule is Cc1nc2cnccc2cc1COC(=O)C1CCCCN1. The normalized spacial score (nSPS) is 18.6. The molecule has 1 aliphatic heterocycles. The number of ether oxygens (including phenoxy) is 1. The molecule has 2 aromatic heterocycles. The quantitative estimate of drug-likeness (QED) is 0.875. The lowest BCUT2D eigenvalue weighted by molar-refractivity contribution is -0.148. The zero-order valence-corrected chi connectivity index (χ0v) is 12.1. The first-order chi connectivity index (χ1) is 10.2. The van der Waals surface area contributed by atoms with E-state index in [1.807, 2.05) is 19.1 Å². The molecule has 2 aromatic rings. The number of pyridine rings is 2. The fourth-order valence-electron chi connectivity index (χ4n) is 2.61. The Morgan fingerprint density at radius 3 is 3.19 bits per heavy atom. The van der Waals surface area contributed by atoms with Crippen LogP contribution >= 0.6 is 0 Å². The molecule has 0 aromatic carbocycles. The summed E-state index contributed by atoms with van der Waals surface area (Å²) < 4.78 is 5.44. The molecule has 5 heteroatoms. The Balaban J connectivity index is 1.69. The molecule has 1 atom stereocenters. The van der Waals surface area contributed by atoms with Crippen molar-refractivity contribution in [3.63, 3.8) is 0 Å². The topological polar surface area (TPSA) is 64.1 Å². The first-order valence-corrected chi connectivity index (χ1v) is 7.34. The van der Waals surface area contributed by atoms with Gasteiger partial charge in [0.1, 0.15) is 12.6 Å². The minimum atomic E-state index is -0.163. The molecule has 21 heavy (non-hydrogen) atoms. The predicted octanol–water partition coefficient (Wildman–Crippen LogP) is 2.12. The molecule has 110 valence electrons.